The normalized spacial score (nSPS) is 24.5. The molecular weight excluding hydrogens is 302 g/mol. The van der Waals surface area contributed by atoms with E-state index in [1.54, 1.807) is 0 Å². The molecule has 1 amide bonds. The van der Waals surface area contributed by atoms with E-state index >= 15 is 0 Å². The van der Waals surface area contributed by atoms with E-state index in [-0.39, 0.29) is 18.2 Å². The molecule has 0 radical (unpaired) electrons. The molecule has 1 aromatic carbocycles. The minimum atomic E-state index is -0.158. The van der Waals surface area contributed by atoms with Gasteiger partial charge in [-0.3, -0.25) is 4.79 Å². The average Bonchev–Trinajstić information content (AvgIpc) is 3.20. The van der Waals surface area contributed by atoms with Gasteiger partial charge in [0.2, 0.25) is 5.91 Å². The van der Waals surface area contributed by atoms with E-state index < -0.39 is 0 Å². The molecule has 0 aromatic heterocycles. The van der Waals surface area contributed by atoms with Crippen molar-refractivity contribution in [3.05, 3.63) is 29.3 Å². The Labute approximate surface area is 145 Å². The van der Waals surface area contributed by atoms with E-state index in [2.05, 4.69) is 32.0 Å². The van der Waals surface area contributed by atoms with Gasteiger partial charge in [-0.05, 0) is 56.7 Å². The van der Waals surface area contributed by atoms with Gasteiger partial charge in [0.15, 0.2) is 0 Å². The van der Waals surface area contributed by atoms with E-state index in [0.29, 0.717) is 19.1 Å². The molecule has 1 saturated heterocycles. The minimum Gasteiger partial charge on any atom is -0.490 e. The maximum Gasteiger partial charge on any atom is 0.224 e. The summed E-state index contributed by atoms with van der Waals surface area (Å²) in [4.78, 5) is 14.1. The van der Waals surface area contributed by atoms with Gasteiger partial charge in [0.1, 0.15) is 12.0 Å². The topological polar surface area (TPSA) is 38.8 Å². The highest BCUT2D eigenvalue weighted by Crippen LogP contribution is 2.29. The Morgan fingerprint density at radius 2 is 2.08 bits per heavy atom. The summed E-state index contributed by atoms with van der Waals surface area (Å²) in [7, 11) is 0. The summed E-state index contributed by atoms with van der Waals surface area (Å²) in [5.74, 6) is 1.15. The molecule has 2 aliphatic rings. The van der Waals surface area contributed by atoms with Crippen LogP contribution in [0.2, 0.25) is 0 Å². The zero-order valence-electron chi connectivity index (χ0n) is 15.1. The van der Waals surface area contributed by atoms with Crippen molar-refractivity contribution in [2.75, 3.05) is 6.61 Å². The number of benzene rings is 1. The van der Waals surface area contributed by atoms with Crippen molar-refractivity contribution < 1.29 is 14.3 Å². The molecule has 3 rings (SSSR count). The number of hydrogen-bond acceptors (Lipinski definition) is 3. The summed E-state index contributed by atoms with van der Waals surface area (Å²) in [5, 5.41) is 0. The van der Waals surface area contributed by atoms with Gasteiger partial charge in [-0.15, -0.1) is 0 Å². The summed E-state index contributed by atoms with van der Waals surface area (Å²) in [6, 6.07) is 6.53. The SMILES string of the molecule is CCC(=O)N1C(Cc2ccc(C)c(OC3CCCC3)c2)OC[C@H]1C. The van der Waals surface area contributed by atoms with Crippen LogP contribution >= 0.6 is 0 Å². The van der Waals surface area contributed by atoms with Gasteiger partial charge in [-0.2, -0.15) is 0 Å². The first-order chi connectivity index (χ1) is 11.6. The van der Waals surface area contributed by atoms with Crippen LogP contribution in [-0.2, 0) is 16.0 Å². The van der Waals surface area contributed by atoms with Gasteiger partial charge in [0.25, 0.3) is 0 Å². The van der Waals surface area contributed by atoms with Crippen molar-refractivity contribution in [1.29, 1.82) is 0 Å². The van der Waals surface area contributed by atoms with Gasteiger partial charge < -0.3 is 14.4 Å². The molecule has 1 aliphatic heterocycles. The molecule has 0 spiro atoms. The predicted octanol–water partition coefficient (Wildman–Crippen LogP) is 3.84. The molecule has 24 heavy (non-hydrogen) atoms. The van der Waals surface area contributed by atoms with Crippen LogP contribution in [0, 0.1) is 6.92 Å². The fourth-order valence-corrected chi connectivity index (χ4v) is 3.73. The second-order valence-corrected chi connectivity index (χ2v) is 7.12. The molecule has 2 atom stereocenters. The number of hydrogen-bond donors (Lipinski definition) is 0. The summed E-state index contributed by atoms with van der Waals surface area (Å²) in [6.45, 7) is 6.67. The van der Waals surface area contributed by atoms with Crippen LogP contribution < -0.4 is 4.74 Å². The fourth-order valence-electron chi connectivity index (χ4n) is 3.73. The third kappa shape index (κ3) is 3.75. The predicted molar refractivity (Wildman–Crippen MR) is 94.1 cm³/mol. The van der Waals surface area contributed by atoms with Crippen molar-refractivity contribution in [2.24, 2.45) is 0 Å². The largest absolute Gasteiger partial charge is 0.490 e. The van der Waals surface area contributed by atoms with Crippen LogP contribution in [0.25, 0.3) is 0 Å². The van der Waals surface area contributed by atoms with E-state index in [1.165, 1.54) is 24.0 Å². The number of nitrogens with zero attached hydrogens (tertiary/aromatic N) is 1. The number of aryl methyl sites for hydroxylation is 1. The van der Waals surface area contributed by atoms with Crippen molar-refractivity contribution in [3.63, 3.8) is 0 Å². The molecule has 1 aromatic rings. The van der Waals surface area contributed by atoms with Crippen LogP contribution in [0.3, 0.4) is 0 Å². The van der Waals surface area contributed by atoms with Gasteiger partial charge in [0, 0.05) is 12.8 Å². The van der Waals surface area contributed by atoms with Gasteiger partial charge in [-0.1, -0.05) is 19.1 Å². The Bertz CT molecular complexity index is 580. The molecule has 2 fully saturated rings. The lowest BCUT2D eigenvalue weighted by Crippen LogP contribution is -2.41. The molecule has 4 heteroatoms. The maximum atomic E-state index is 12.2. The maximum absolute atomic E-state index is 12.2. The first-order valence-corrected chi connectivity index (χ1v) is 9.27. The van der Waals surface area contributed by atoms with E-state index in [4.69, 9.17) is 9.47 Å². The summed E-state index contributed by atoms with van der Waals surface area (Å²) in [6.07, 6.45) is 6.30. The summed E-state index contributed by atoms with van der Waals surface area (Å²) >= 11 is 0. The smallest absolute Gasteiger partial charge is 0.224 e. The average molecular weight is 331 g/mol. The Morgan fingerprint density at radius 1 is 1.33 bits per heavy atom. The third-order valence-corrected chi connectivity index (χ3v) is 5.16. The van der Waals surface area contributed by atoms with Crippen molar-refractivity contribution in [3.8, 4) is 5.75 Å². The standard InChI is InChI=1S/C20H29NO3/c1-4-19(22)21-15(3)13-23-20(21)12-16-10-9-14(2)18(11-16)24-17-7-5-6-8-17/h9-11,15,17,20H,4-8,12-13H2,1-3H3/t15-,20?/m1/s1. The number of amides is 1. The number of carbonyl (C=O) groups is 1. The van der Waals surface area contributed by atoms with E-state index in [9.17, 15) is 4.79 Å². The molecule has 0 N–H and O–H groups in total. The second-order valence-electron chi connectivity index (χ2n) is 7.12. The second kappa shape index (κ2) is 7.56. The Hall–Kier alpha value is -1.55. The quantitative estimate of drug-likeness (QED) is 0.823. The lowest BCUT2D eigenvalue weighted by molar-refractivity contribution is -0.137. The first kappa shape index (κ1) is 17.3. The highest BCUT2D eigenvalue weighted by Gasteiger charge is 2.34. The van der Waals surface area contributed by atoms with Crippen LogP contribution in [0.5, 0.6) is 5.75 Å². The molecule has 0 bridgehead atoms. The van der Waals surface area contributed by atoms with Gasteiger partial charge in [0.05, 0.1) is 18.8 Å². The Balaban J connectivity index is 1.71. The highest BCUT2D eigenvalue weighted by molar-refractivity contribution is 5.76. The Kier molecular flexibility index (Phi) is 5.44. The lowest BCUT2D eigenvalue weighted by Gasteiger charge is -2.26. The van der Waals surface area contributed by atoms with Gasteiger partial charge >= 0.3 is 0 Å². The Morgan fingerprint density at radius 3 is 2.79 bits per heavy atom. The summed E-state index contributed by atoms with van der Waals surface area (Å²) < 4.78 is 12.1. The molecule has 1 saturated carbocycles. The minimum absolute atomic E-state index is 0.155. The fraction of sp³-hybridized carbons (Fsp3) is 0.650. The van der Waals surface area contributed by atoms with Crippen molar-refractivity contribution in [2.45, 2.75) is 77.7 Å². The van der Waals surface area contributed by atoms with Crippen LogP contribution in [-0.4, -0.2) is 35.8 Å². The lowest BCUT2D eigenvalue weighted by atomic mass is 10.1. The third-order valence-electron chi connectivity index (χ3n) is 5.16. The number of ether oxygens (including phenoxy) is 2. The zero-order valence-corrected chi connectivity index (χ0v) is 15.1. The molecule has 1 heterocycles. The van der Waals surface area contributed by atoms with E-state index in [0.717, 1.165) is 25.0 Å². The van der Waals surface area contributed by atoms with Crippen LogP contribution in [0.4, 0.5) is 0 Å². The van der Waals surface area contributed by atoms with Gasteiger partial charge in [-0.25, -0.2) is 0 Å². The number of rotatable bonds is 5. The molecule has 132 valence electrons. The highest BCUT2D eigenvalue weighted by atomic mass is 16.5. The van der Waals surface area contributed by atoms with E-state index in [1.807, 2.05) is 11.8 Å². The molecule has 4 nitrogen and oxygen atoms in total. The van der Waals surface area contributed by atoms with Crippen LogP contribution in [0.1, 0.15) is 57.1 Å². The summed E-state index contributed by atoms with van der Waals surface area (Å²) in [5.41, 5.74) is 2.34. The monoisotopic (exact) mass is 331 g/mol. The van der Waals surface area contributed by atoms with Crippen LogP contribution in [0.15, 0.2) is 18.2 Å². The zero-order chi connectivity index (χ0) is 17.1. The van der Waals surface area contributed by atoms with Crippen molar-refractivity contribution in [1.82, 2.24) is 4.90 Å². The first-order valence-electron chi connectivity index (χ1n) is 9.27. The number of carbonyl (C=O) groups excluding carboxylic acids is 1. The van der Waals surface area contributed by atoms with Crippen molar-refractivity contribution >= 4 is 5.91 Å². The molecular formula is C20H29NO3. The molecule has 1 unspecified atom stereocenters. The molecule has 1 aliphatic carbocycles.